The number of morpholine rings is 1. The molecule has 0 bridgehead atoms. The molecule has 2 heterocycles. The molecule has 1 aromatic rings. The van der Waals surface area contributed by atoms with Gasteiger partial charge < -0.3 is 4.74 Å². The van der Waals surface area contributed by atoms with E-state index in [1.807, 2.05) is 0 Å². The maximum absolute atomic E-state index is 5.37. The second-order valence-electron chi connectivity index (χ2n) is 3.63. The summed E-state index contributed by atoms with van der Waals surface area (Å²) in [5.74, 6) is 0. The van der Waals surface area contributed by atoms with Gasteiger partial charge in [-0.25, -0.2) is 0 Å². The van der Waals surface area contributed by atoms with E-state index in [0.29, 0.717) is 6.04 Å². The van der Waals surface area contributed by atoms with Crippen molar-refractivity contribution in [2.75, 3.05) is 26.3 Å². The third kappa shape index (κ3) is 2.16. The molecule has 0 aliphatic carbocycles. The lowest BCUT2D eigenvalue weighted by molar-refractivity contribution is 0.0153. The van der Waals surface area contributed by atoms with Crippen molar-refractivity contribution in [2.24, 2.45) is 0 Å². The zero-order valence-corrected chi connectivity index (χ0v) is 9.43. The van der Waals surface area contributed by atoms with Gasteiger partial charge >= 0.3 is 0 Å². The normalized spacial score (nSPS) is 20.9. The van der Waals surface area contributed by atoms with Crippen LogP contribution >= 0.6 is 11.3 Å². The average molecular weight is 211 g/mol. The molecule has 0 amide bonds. The molecule has 0 N–H and O–H groups in total. The molecule has 0 saturated carbocycles. The maximum Gasteiger partial charge on any atom is 0.0594 e. The van der Waals surface area contributed by atoms with E-state index in [1.54, 1.807) is 11.3 Å². The number of hydrogen-bond acceptors (Lipinski definition) is 3. The molecule has 14 heavy (non-hydrogen) atoms. The molecule has 1 aliphatic heterocycles. The Bertz CT molecular complexity index is 254. The summed E-state index contributed by atoms with van der Waals surface area (Å²) < 4.78 is 5.37. The maximum atomic E-state index is 5.37. The van der Waals surface area contributed by atoms with Crippen molar-refractivity contribution in [3.05, 3.63) is 22.4 Å². The van der Waals surface area contributed by atoms with Crippen molar-refractivity contribution in [1.29, 1.82) is 0 Å². The van der Waals surface area contributed by atoms with Crippen molar-refractivity contribution in [3.8, 4) is 0 Å². The van der Waals surface area contributed by atoms with Crippen LogP contribution in [0, 0.1) is 0 Å². The van der Waals surface area contributed by atoms with Crippen LogP contribution in [0.4, 0.5) is 0 Å². The highest BCUT2D eigenvalue weighted by Gasteiger charge is 2.20. The van der Waals surface area contributed by atoms with Gasteiger partial charge in [-0.15, -0.1) is 0 Å². The van der Waals surface area contributed by atoms with Crippen LogP contribution in [0.3, 0.4) is 0 Å². The largest absolute Gasteiger partial charge is 0.379 e. The first-order valence-electron chi connectivity index (χ1n) is 5.25. The van der Waals surface area contributed by atoms with Gasteiger partial charge in [0.05, 0.1) is 13.2 Å². The van der Waals surface area contributed by atoms with E-state index in [-0.39, 0.29) is 0 Å². The van der Waals surface area contributed by atoms with Gasteiger partial charge in [0.15, 0.2) is 0 Å². The van der Waals surface area contributed by atoms with E-state index in [9.17, 15) is 0 Å². The molecule has 78 valence electrons. The first-order valence-corrected chi connectivity index (χ1v) is 6.20. The van der Waals surface area contributed by atoms with Gasteiger partial charge in [-0.2, -0.15) is 11.3 Å². The van der Waals surface area contributed by atoms with Gasteiger partial charge in [-0.1, -0.05) is 6.92 Å². The zero-order valence-electron chi connectivity index (χ0n) is 8.61. The smallest absolute Gasteiger partial charge is 0.0594 e. The molecule has 2 nitrogen and oxygen atoms in total. The van der Waals surface area contributed by atoms with E-state index in [0.717, 1.165) is 26.3 Å². The molecule has 1 aromatic heterocycles. The second kappa shape index (κ2) is 4.91. The Morgan fingerprint density at radius 2 is 2.29 bits per heavy atom. The summed E-state index contributed by atoms with van der Waals surface area (Å²) in [6, 6.07) is 2.85. The topological polar surface area (TPSA) is 12.5 Å². The summed E-state index contributed by atoms with van der Waals surface area (Å²) >= 11 is 1.79. The van der Waals surface area contributed by atoms with Crippen molar-refractivity contribution in [1.82, 2.24) is 4.90 Å². The van der Waals surface area contributed by atoms with Gasteiger partial charge in [0, 0.05) is 19.1 Å². The third-order valence-corrected chi connectivity index (χ3v) is 3.50. The monoisotopic (exact) mass is 211 g/mol. The fraction of sp³-hybridized carbons (Fsp3) is 0.636. The lowest BCUT2D eigenvalue weighted by Gasteiger charge is -2.33. The Labute approximate surface area is 89.5 Å². The Balaban J connectivity index is 2.04. The first-order chi connectivity index (χ1) is 6.92. The van der Waals surface area contributed by atoms with Crippen LogP contribution in [0.5, 0.6) is 0 Å². The summed E-state index contributed by atoms with van der Waals surface area (Å²) in [7, 11) is 0. The van der Waals surface area contributed by atoms with E-state index in [2.05, 4.69) is 28.7 Å². The third-order valence-electron chi connectivity index (χ3n) is 2.80. The van der Waals surface area contributed by atoms with Crippen molar-refractivity contribution in [2.45, 2.75) is 19.4 Å². The molecule has 0 aromatic carbocycles. The second-order valence-corrected chi connectivity index (χ2v) is 4.41. The SMILES string of the molecule is CCC(c1ccsc1)N1CCOCC1. The van der Waals surface area contributed by atoms with Crippen LogP contribution in [0.25, 0.3) is 0 Å². The Kier molecular flexibility index (Phi) is 3.56. The predicted octanol–water partition coefficient (Wildman–Crippen LogP) is 2.53. The summed E-state index contributed by atoms with van der Waals surface area (Å²) in [5, 5.41) is 4.43. The van der Waals surface area contributed by atoms with Gasteiger partial charge in [0.1, 0.15) is 0 Å². The van der Waals surface area contributed by atoms with Crippen LogP contribution in [0.2, 0.25) is 0 Å². The van der Waals surface area contributed by atoms with Gasteiger partial charge in [0.25, 0.3) is 0 Å². The van der Waals surface area contributed by atoms with Crippen LogP contribution in [-0.4, -0.2) is 31.2 Å². The number of rotatable bonds is 3. The molecule has 2 rings (SSSR count). The number of thiophene rings is 1. The Morgan fingerprint density at radius 3 is 2.86 bits per heavy atom. The van der Waals surface area contributed by atoms with Crippen molar-refractivity contribution in [3.63, 3.8) is 0 Å². The molecule has 1 fully saturated rings. The quantitative estimate of drug-likeness (QED) is 0.762. The zero-order chi connectivity index (χ0) is 9.80. The standard InChI is InChI=1S/C11H17NOS/c1-2-11(10-3-8-14-9-10)12-4-6-13-7-5-12/h3,8-9,11H,2,4-7H2,1H3. The Morgan fingerprint density at radius 1 is 1.50 bits per heavy atom. The average Bonchev–Trinajstić information content (AvgIpc) is 2.74. The highest BCUT2D eigenvalue weighted by Crippen LogP contribution is 2.26. The van der Waals surface area contributed by atoms with E-state index < -0.39 is 0 Å². The van der Waals surface area contributed by atoms with Crippen LogP contribution in [0.15, 0.2) is 16.8 Å². The lowest BCUT2D eigenvalue weighted by Crippen LogP contribution is -2.38. The minimum atomic E-state index is 0.602. The summed E-state index contributed by atoms with van der Waals surface area (Å²) in [6.45, 7) is 6.20. The van der Waals surface area contributed by atoms with Crippen molar-refractivity contribution >= 4 is 11.3 Å². The van der Waals surface area contributed by atoms with Gasteiger partial charge in [-0.3, -0.25) is 4.90 Å². The van der Waals surface area contributed by atoms with Gasteiger partial charge in [0.2, 0.25) is 0 Å². The van der Waals surface area contributed by atoms with Crippen LogP contribution < -0.4 is 0 Å². The lowest BCUT2D eigenvalue weighted by atomic mass is 10.1. The minimum Gasteiger partial charge on any atom is -0.379 e. The van der Waals surface area contributed by atoms with Crippen LogP contribution in [-0.2, 0) is 4.74 Å². The number of hydrogen-bond donors (Lipinski definition) is 0. The van der Waals surface area contributed by atoms with E-state index >= 15 is 0 Å². The summed E-state index contributed by atoms with van der Waals surface area (Å²) in [4.78, 5) is 2.53. The molecule has 0 spiro atoms. The summed E-state index contributed by atoms with van der Waals surface area (Å²) in [6.07, 6.45) is 1.19. The highest BCUT2D eigenvalue weighted by molar-refractivity contribution is 7.07. The Hall–Kier alpha value is -0.380. The predicted molar refractivity (Wildman–Crippen MR) is 59.7 cm³/mol. The molecule has 0 radical (unpaired) electrons. The van der Waals surface area contributed by atoms with E-state index in [4.69, 9.17) is 4.74 Å². The fourth-order valence-electron chi connectivity index (χ4n) is 2.06. The molecule has 1 unspecified atom stereocenters. The molecule has 3 heteroatoms. The fourth-order valence-corrected chi connectivity index (χ4v) is 2.77. The molecule has 1 aliphatic rings. The summed E-state index contributed by atoms with van der Waals surface area (Å²) in [5.41, 5.74) is 1.47. The van der Waals surface area contributed by atoms with Crippen LogP contribution in [0.1, 0.15) is 24.9 Å². The number of nitrogens with zero attached hydrogens (tertiary/aromatic N) is 1. The van der Waals surface area contributed by atoms with Crippen molar-refractivity contribution < 1.29 is 4.74 Å². The van der Waals surface area contributed by atoms with Gasteiger partial charge in [-0.05, 0) is 28.8 Å². The first kappa shape index (κ1) is 10.1. The molecular formula is C11H17NOS. The molecule has 1 atom stereocenters. The van der Waals surface area contributed by atoms with E-state index in [1.165, 1.54) is 12.0 Å². The molecule has 1 saturated heterocycles. The highest BCUT2D eigenvalue weighted by atomic mass is 32.1. The minimum absolute atomic E-state index is 0.602. The number of ether oxygens (including phenoxy) is 1. The molecular weight excluding hydrogens is 194 g/mol.